The van der Waals surface area contributed by atoms with Crippen molar-refractivity contribution in [2.75, 3.05) is 0 Å². The molecule has 0 aliphatic carbocycles. The summed E-state index contributed by atoms with van der Waals surface area (Å²) in [5.74, 6) is 0.520. The van der Waals surface area contributed by atoms with E-state index < -0.39 is 0 Å². The first-order valence-electron chi connectivity index (χ1n) is 6.59. The molecule has 0 aromatic heterocycles. The first-order valence-corrected chi connectivity index (χ1v) is 6.59. The summed E-state index contributed by atoms with van der Waals surface area (Å²) in [5.41, 5.74) is 4.11. The van der Waals surface area contributed by atoms with E-state index in [-0.39, 0.29) is 0 Å². The highest BCUT2D eigenvalue weighted by atomic mass is 14.1. The summed E-state index contributed by atoms with van der Waals surface area (Å²) in [6.07, 6.45) is 3.43. The van der Waals surface area contributed by atoms with Crippen molar-refractivity contribution in [3.63, 3.8) is 0 Å². The summed E-state index contributed by atoms with van der Waals surface area (Å²) in [7, 11) is 0. The van der Waals surface area contributed by atoms with Crippen LogP contribution in [0.5, 0.6) is 0 Å². The van der Waals surface area contributed by atoms with Gasteiger partial charge >= 0.3 is 0 Å². The maximum absolute atomic E-state index is 2.29. The predicted molar refractivity (Wildman–Crippen MR) is 79.6 cm³/mol. The highest BCUT2D eigenvalue weighted by Gasteiger charge is 2.10. The molecule has 0 nitrogen and oxygen atoms in total. The third-order valence-electron chi connectivity index (χ3n) is 3.35. The van der Waals surface area contributed by atoms with Gasteiger partial charge in [0.25, 0.3) is 0 Å². The van der Waals surface area contributed by atoms with Crippen LogP contribution in [0.2, 0.25) is 0 Å². The maximum Gasteiger partial charge on any atom is 0.00461 e. The van der Waals surface area contributed by atoms with Gasteiger partial charge in [-0.3, -0.25) is 0 Å². The molecule has 0 aliphatic heterocycles. The first-order chi connectivity index (χ1) is 8.81. The Balaban J connectivity index is 2.26. The molecule has 0 N–H and O–H groups in total. The van der Waals surface area contributed by atoms with Crippen LogP contribution in [0.4, 0.5) is 0 Å². The molecular weight excluding hydrogens is 216 g/mol. The topological polar surface area (TPSA) is 0 Å². The molecule has 92 valence electrons. The van der Waals surface area contributed by atoms with E-state index in [1.165, 1.54) is 16.7 Å². The van der Waals surface area contributed by atoms with Crippen LogP contribution in [-0.4, -0.2) is 0 Å². The number of hydrogen-bond acceptors (Lipinski definition) is 0. The van der Waals surface area contributed by atoms with Gasteiger partial charge in [0.15, 0.2) is 0 Å². The Bertz CT molecular complexity index is 494. The van der Waals surface area contributed by atoms with Crippen molar-refractivity contribution in [3.8, 4) is 0 Å². The molecular formula is C18H20. The van der Waals surface area contributed by atoms with E-state index in [4.69, 9.17) is 0 Å². The van der Waals surface area contributed by atoms with Crippen molar-refractivity contribution in [2.45, 2.75) is 26.2 Å². The molecule has 2 rings (SSSR count). The van der Waals surface area contributed by atoms with E-state index in [9.17, 15) is 0 Å². The Labute approximate surface area is 110 Å². The van der Waals surface area contributed by atoms with E-state index in [0.717, 1.165) is 6.42 Å². The third kappa shape index (κ3) is 3.10. The van der Waals surface area contributed by atoms with Crippen molar-refractivity contribution in [1.29, 1.82) is 0 Å². The third-order valence-corrected chi connectivity index (χ3v) is 3.35. The highest BCUT2D eigenvalue weighted by Crippen LogP contribution is 2.28. The maximum atomic E-state index is 2.29. The van der Waals surface area contributed by atoms with Crippen LogP contribution in [-0.2, 0) is 0 Å². The second-order valence-corrected chi connectivity index (χ2v) is 4.67. The zero-order valence-corrected chi connectivity index (χ0v) is 11.1. The van der Waals surface area contributed by atoms with Crippen molar-refractivity contribution in [3.05, 3.63) is 77.4 Å². The van der Waals surface area contributed by atoms with Crippen molar-refractivity contribution in [2.24, 2.45) is 0 Å². The molecule has 0 aliphatic rings. The van der Waals surface area contributed by atoms with Crippen molar-refractivity contribution < 1.29 is 0 Å². The van der Waals surface area contributed by atoms with Crippen LogP contribution in [0.3, 0.4) is 0 Å². The van der Waals surface area contributed by atoms with Gasteiger partial charge in [0.2, 0.25) is 0 Å². The van der Waals surface area contributed by atoms with Crippen molar-refractivity contribution >= 4 is 6.08 Å². The second kappa shape index (κ2) is 6.20. The molecule has 1 unspecified atom stereocenters. The molecule has 0 amide bonds. The lowest BCUT2D eigenvalue weighted by atomic mass is 9.89. The fourth-order valence-electron chi connectivity index (χ4n) is 2.42. The van der Waals surface area contributed by atoms with Crippen molar-refractivity contribution in [1.82, 2.24) is 0 Å². The van der Waals surface area contributed by atoms with E-state index in [0.29, 0.717) is 5.92 Å². The van der Waals surface area contributed by atoms with Gasteiger partial charge in [-0.05, 0) is 24.5 Å². The van der Waals surface area contributed by atoms with E-state index in [1.54, 1.807) is 0 Å². The Hall–Kier alpha value is -1.82. The number of hydrogen-bond donors (Lipinski definition) is 0. The van der Waals surface area contributed by atoms with Crippen LogP contribution >= 0.6 is 0 Å². The summed E-state index contributed by atoms with van der Waals surface area (Å²) in [5, 5.41) is 0. The lowest BCUT2D eigenvalue weighted by Crippen LogP contribution is -1.98. The fourth-order valence-corrected chi connectivity index (χ4v) is 2.42. The minimum absolute atomic E-state index is 0.520. The fraction of sp³-hybridized carbons (Fsp3) is 0.222. The molecule has 0 radical (unpaired) electrons. The van der Waals surface area contributed by atoms with Gasteiger partial charge in [0, 0.05) is 5.92 Å². The zero-order chi connectivity index (χ0) is 12.8. The molecule has 0 saturated heterocycles. The average Bonchev–Trinajstić information content (AvgIpc) is 2.42. The molecule has 0 fully saturated rings. The summed E-state index contributed by atoms with van der Waals surface area (Å²) >= 11 is 0. The zero-order valence-electron chi connectivity index (χ0n) is 11.1. The van der Waals surface area contributed by atoms with E-state index in [1.807, 2.05) is 0 Å². The Morgan fingerprint density at radius 2 is 1.50 bits per heavy atom. The van der Waals surface area contributed by atoms with Gasteiger partial charge in [0.05, 0.1) is 0 Å². The Morgan fingerprint density at radius 3 is 2.06 bits per heavy atom. The SMILES string of the molecule is CCC(/C(C)=C/c1ccccc1)c1ccccc1. The van der Waals surface area contributed by atoms with Gasteiger partial charge in [-0.25, -0.2) is 0 Å². The van der Waals surface area contributed by atoms with Crippen LogP contribution in [0.1, 0.15) is 37.3 Å². The van der Waals surface area contributed by atoms with Gasteiger partial charge < -0.3 is 0 Å². The summed E-state index contributed by atoms with van der Waals surface area (Å²) in [6.45, 7) is 4.48. The quantitative estimate of drug-likeness (QED) is 0.677. The monoisotopic (exact) mass is 236 g/mol. The molecule has 0 saturated carbocycles. The minimum atomic E-state index is 0.520. The molecule has 2 aromatic carbocycles. The molecule has 1 atom stereocenters. The number of rotatable bonds is 4. The summed E-state index contributed by atoms with van der Waals surface area (Å²) < 4.78 is 0. The Kier molecular flexibility index (Phi) is 4.35. The lowest BCUT2D eigenvalue weighted by molar-refractivity contribution is 0.764. The normalized spacial score (nSPS) is 13.3. The highest BCUT2D eigenvalue weighted by molar-refractivity contribution is 5.54. The standard InChI is InChI=1S/C18H20/c1-3-18(17-12-8-5-9-13-17)15(2)14-16-10-6-4-7-11-16/h4-14,18H,3H2,1-2H3/b15-14+. The van der Waals surface area contributed by atoms with Crippen LogP contribution in [0.25, 0.3) is 6.08 Å². The first kappa shape index (κ1) is 12.6. The van der Waals surface area contributed by atoms with Gasteiger partial charge in [-0.1, -0.05) is 79.2 Å². The minimum Gasteiger partial charge on any atom is -0.0652 e. The molecule has 0 heterocycles. The van der Waals surface area contributed by atoms with Gasteiger partial charge in [0.1, 0.15) is 0 Å². The summed E-state index contributed by atoms with van der Waals surface area (Å²) in [6, 6.07) is 21.3. The van der Waals surface area contributed by atoms with Crippen LogP contribution in [0.15, 0.2) is 66.2 Å². The van der Waals surface area contributed by atoms with Crippen LogP contribution < -0.4 is 0 Å². The average molecular weight is 236 g/mol. The molecule has 0 spiro atoms. The largest absolute Gasteiger partial charge is 0.0652 e. The Morgan fingerprint density at radius 1 is 0.944 bits per heavy atom. The van der Waals surface area contributed by atoms with E-state index >= 15 is 0 Å². The molecule has 0 heteroatoms. The van der Waals surface area contributed by atoms with E-state index in [2.05, 4.69) is 80.6 Å². The van der Waals surface area contributed by atoms with Gasteiger partial charge in [-0.2, -0.15) is 0 Å². The smallest absolute Gasteiger partial charge is 0.00461 e. The summed E-state index contributed by atoms with van der Waals surface area (Å²) in [4.78, 5) is 0. The predicted octanol–water partition coefficient (Wildman–Crippen LogP) is 5.28. The number of benzene rings is 2. The molecule has 2 aromatic rings. The molecule has 0 bridgehead atoms. The lowest BCUT2D eigenvalue weighted by Gasteiger charge is -2.16. The van der Waals surface area contributed by atoms with Crippen LogP contribution in [0, 0.1) is 0 Å². The number of allylic oxidation sites excluding steroid dienone is 1. The van der Waals surface area contributed by atoms with Gasteiger partial charge in [-0.15, -0.1) is 0 Å². The second-order valence-electron chi connectivity index (χ2n) is 4.67. The molecule has 18 heavy (non-hydrogen) atoms.